The summed E-state index contributed by atoms with van der Waals surface area (Å²) in [6, 6.07) is 13.4. The van der Waals surface area contributed by atoms with Gasteiger partial charge in [0.25, 0.3) is 11.7 Å². The predicted molar refractivity (Wildman–Crippen MR) is 126 cm³/mol. The van der Waals surface area contributed by atoms with Crippen LogP contribution in [0.4, 0.5) is 0 Å². The number of ketones is 1. The molecule has 0 aliphatic carbocycles. The van der Waals surface area contributed by atoms with E-state index in [-0.39, 0.29) is 11.3 Å². The van der Waals surface area contributed by atoms with Gasteiger partial charge < -0.3 is 19.6 Å². The molecule has 1 amide bonds. The molecule has 0 aromatic heterocycles. The highest BCUT2D eigenvalue weighted by Gasteiger charge is 2.45. The number of aliphatic hydroxyl groups excluding tert-OH is 1. The molecule has 32 heavy (non-hydrogen) atoms. The summed E-state index contributed by atoms with van der Waals surface area (Å²) in [5.74, 6) is -1.07. The second-order valence-corrected chi connectivity index (χ2v) is 8.04. The van der Waals surface area contributed by atoms with Crippen molar-refractivity contribution in [2.24, 2.45) is 0 Å². The number of carbonyl (C=O) groups excluding carboxylic acids is 2. The monoisotopic (exact) mass is 456 g/mol. The highest BCUT2D eigenvalue weighted by Crippen LogP contribution is 2.40. The summed E-state index contributed by atoms with van der Waals surface area (Å²) in [5.41, 5.74) is 1.21. The Morgan fingerprint density at radius 3 is 2.41 bits per heavy atom. The van der Waals surface area contributed by atoms with Crippen LogP contribution < -0.4 is 4.74 Å². The third kappa shape index (κ3) is 4.81. The van der Waals surface area contributed by atoms with Crippen LogP contribution in [0.2, 0.25) is 5.02 Å². The molecule has 1 N–H and O–H groups in total. The van der Waals surface area contributed by atoms with Crippen molar-refractivity contribution in [1.82, 2.24) is 9.80 Å². The second-order valence-electron chi connectivity index (χ2n) is 7.63. The minimum absolute atomic E-state index is 0.0743. The topological polar surface area (TPSA) is 70.1 Å². The summed E-state index contributed by atoms with van der Waals surface area (Å²) in [7, 11) is 1.50. The van der Waals surface area contributed by atoms with Crippen molar-refractivity contribution in [3.63, 3.8) is 0 Å². The van der Waals surface area contributed by atoms with Crippen LogP contribution in [0.3, 0.4) is 0 Å². The molecular weight excluding hydrogens is 428 g/mol. The summed E-state index contributed by atoms with van der Waals surface area (Å²) in [5, 5.41) is 11.4. The Labute approximate surface area is 194 Å². The average Bonchev–Trinajstić information content (AvgIpc) is 3.06. The lowest BCUT2D eigenvalue weighted by atomic mass is 9.95. The van der Waals surface area contributed by atoms with Crippen molar-refractivity contribution < 1.29 is 19.4 Å². The van der Waals surface area contributed by atoms with Gasteiger partial charge >= 0.3 is 0 Å². The summed E-state index contributed by atoms with van der Waals surface area (Å²) in [6.45, 7) is 7.29. The van der Waals surface area contributed by atoms with Crippen molar-refractivity contribution >= 4 is 29.1 Å². The molecule has 6 nitrogen and oxygen atoms in total. The largest absolute Gasteiger partial charge is 0.507 e. The number of carbonyl (C=O) groups is 2. The zero-order chi connectivity index (χ0) is 23.3. The number of methoxy groups -OCH3 is 1. The van der Waals surface area contributed by atoms with Gasteiger partial charge in [-0.1, -0.05) is 55.8 Å². The molecular formula is C25H29ClN2O4. The summed E-state index contributed by atoms with van der Waals surface area (Å²) >= 11 is 6.23. The molecule has 1 atom stereocenters. The van der Waals surface area contributed by atoms with E-state index in [1.54, 1.807) is 17.0 Å². The summed E-state index contributed by atoms with van der Waals surface area (Å²) < 4.78 is 5.17. The Kier molecular flexibility index (Phi) is 7.94. The molecule has 170 valence electrons. The first-order valence-corrected chi connectivity index (χ1v) is 11.2. The first kappa shape index (κ1) is 23.8. The zero-order valence-corrected chi connectivity index (χ0v) is 19.4. The Morgan fingerprint density at radius 1 is 1.12 bits per heavy atom. The van der Waals surface area contributed by atoms with E-state index in [0.29, 0.717) is 22.9 Å². The van der Waals surface area contributed by atoms with Crippen LogP contribution in [-0.2, 0) is 9.59 Å². The van der Waals surface area contributed by atoms with Gasteiger partial charge in [0.1, 0.15) is 11.5 Å². The second kappa shape index (κ2) is 10.7. The highest BCUT2D eigenvalue weighted by atomic mass is 35.5. The molecule has 0 saturated carbocycles. The Balaban J connectivity index is 2.02. The lowest BCUT2D eigenvalue weighted by molar-refractivity contribution is -0.140. The van der Waals surface area contributed by atoms with Gasteiger partial charge in [-0.2, -0.15) is 0 Å². The van der Waals surface area contributed by atoms with Gasteiger partial charge in [0.05, 0.1) is 23.7 Å². The number of nitrogens with zero attached hydrogens (tertiary/aromatic N) is 2. The molecule has 2 aromatic rings. The van der Waals surface area contributed by atoms with Gasteiger partial charge in [-0.05, 0) is 49.8 Å². The van der Waals surface area contributed by atoms with E-state index < -0.39 is 17.7 Å². The Hall–Kier alpha value is -2.83. The van der Waals surface area contributed by atoms with Crippen LogP contribution in [0, 0.1) is 0 Å². The quantitative estimate of drug-likeness (QED) is 0.341. The van der Waals surface area contributed by atoms with E-state index in [1.165, 1.54) is 13.2 Å². The Morgan fingerprint density at radius 2 is 1.81 bits per heavy atom. The maximum atomic E-state index is 13.1. The van der Waals surface area contributed by atoms with Crippen molar-refractivity contribution in [3.8, 4) is 5.75 Å². The molecule has 0 spiro atoms. The molecule has 1 saturated heterocycles. The van der Waals surface area contributed by atoms with Crippen LogP contribution in [-0.4, -0.2) is 59.9 Å². The average molecular weight is 457 g/mol. The molecule has 1 fully saturated rings. The first-order chi connectivity index (χ1) is 15.4. The van der Waals surface area contributed by atoms with E-state index in [9.17, 15) is 14.7 Å². The highest BCUT2D eigenvalue weighted by molar-refractivity contribution is 6.46. The van der Waals surface area contributed by atoms with Gasteiger partial charge in [-0.3, -0.25) is 9.59 Å². The van der Waals surface area contributed by atoms with E-state index in [2.05, 4.69) is 18.7 Å². The molecule has 1 aliphatic heterocycles. The van der Waals surface area contributed by atoms with E-state index in [4.69, 9.17) is 16.3 Å². The fourth-order valence-corrected chi connectivity index (χ4v) is 4.32. The first-order valence-electron chi connectivity index (χ1n) is 10.8. The van der Waals surface area contributed by atoms with E-state index >= 15 is 0 Å². The number of ether oxygens (including phenoxy) is 1. The smallest absolute Gasteiger partial charge is 0.295 e. The van der Waals surface area contributed by atoms with Crippen LogP contribution in [0.1, 0.15) is 37.4 Å². The number of Topliss-reactive ketones (excluding diaryl/α,β-unsaturated/α-hetero) is 1. The standard InChI is InChI=1S/C25H29ClN2O4/c1-4-27(5-2)14-9-15-28-22(17-10-7-6-8-11-17)21(24(30)25(28)31)23(29)18-12-13-20(32-3)19(26)16-18/h6-8,10-13,16,22,29H,4-5,9,14-15H2,1-3H3/t22-/m1/s1. The Bertz CT molecular complexity index is 1000. The number of benzene rings is 2. The molecule has 1 heterocycles. The maximum absolute atomic E-state index is 13.1. The molecule has 0 bridgehead atoms. The number of aliphatic hydroxyl groups is 1. The van der Waals surface area contributed by atoms with Gasteiger partial charge in [0, 0.05) is 12.1 Å². The van der Waals surface area contributed by atoms with Crippen LogP contribution in [0.25, 0.3) is 5.76 Å². The third-order valence-electron chi connectivity index (χ3n) is 5.85. The molecule has 0 radical (unpaired) electrons. The third-order valence-corrected chi connectivity index (χ3v) is 6.14. The number of hydrogen-bond donors (Lipinski definition) is 1. The molecule has 7 heteroatoms. The predicted octanol–water partition coefficient (Wildman–Crippen LogP) is 4.50. The van der Waals surface area contributed by atoms with E-state index in [0.717, 1.165) is 31.6 Å². The summed E-state index contributed by atoms with van der Waals surface area (Å²) in [6.07, 6.45) is 0.729. The van der Waals surface area contributed by atoms with Crippen molar-refractivity contribution in [2.45, 2.75) is 26.3 Å². The van der Waals surface area contributed by atoms with Crippen LogP contribution in [0.5, 0.6) is 5.75 Å². The fraction of sp³-hybridized carbons (Fsp3) is 0.360. The fourth-order valence-electron chi connectivity index (χ4n) is 4.07. The van der Waals surface area contributed by atoms with Gasteiger partial charge in [0.2, 0.25) is 0 Å². The van der Waals surface area contributed by atoms with Crippen LogP contribution >= 0.6 is 11.6 Å². The number of likely N-dealkylation sites (tertiary alicyclic amines) is 1. The number of amides is 1. The van der Waals surface area contributed by atoms with Crippen molar-refractivity contribution in [3.05, 3.63) is 70.3 Å². The molecule has 3 rings (SSSR count). The van der Waals surface area contributed by atoms with Gasteiger partial charge in [-0.25, -0.2) is 0 Å². The molecule has 2 aromatic carbocycles. The minimum atomic E-state index is -0.689. The van der Waals surface area contributed by atoms with Crippen molar-refractivity contribution in [1.29, 1.82) is 0 Å². The SMILES string of the molecule is CCN(CC)CCCN1C(=O)C(=O)C(=C(O)c2ccc(OC)c(Cl)c2)[C@H]1c1ccccc1. The molecule has 0 unspecified atom stereocenters. The lowest BCUT2D eigenvalue weighted by Crippen LogP contribution is -2.33. The van der Waals surface area contributed by atoms with Gasteiger partial charge in [-0.15, -0.1) is 0 Å². The van der Waals surface area contributed by atoms with Crippen molar-refractivity contribution in [2.75, 3.05) is 33.3 Å². The maximum Gasteiger partial charge on any atom is 0.295 e. The molecule has 1 aliphatic rings. The van der Waals surface area contributed by atoms with E-state index in [1.807, 2.05) is 30.3 Å². The normalized spacial score (nSPS) is 17.9. The number of halogens is 1. The van der Waals surface area contributed by atoms with Gasteiger partial charge in [0.15, 0.2) is 0 Å². The number of rotatable bonds is 9. The lowest BCUT2D eigenvalue weighted by Gasteiger charge is -2.26. The minimum Gasteiger partial charge on any atom is -0.507 e. The zero-order valence-electron chi connectivity index (χ0n) is 18.7. The number of hydrogen-bond acceptors (Lipinski definition) is 5. The summed E-state index contributed by atoms with van der Waals surface area (Å²) in [4.78, 5) is 29.9. The van der Waals surface area contributed by atoms with Crippen LogP contribution in [0.15, 0.2) is 54.1 Å².